The van der Waals surface area contributed by atoms with Crippen LogP contribution in [0.4, 0.5) is 0 Å². The highest BCUT2D eigenvalue weighted by atomic mass is 32.2. The van der Waals surface area contributed by atoms with E-state index < -0.39 is 0 Å². The maximum absolute atomic E-state index is 13.1. The van der Waals surface area contributed by atoms with Gasteiger partial charge in [0.15, 0.2) is 10.9 Å². The number of benzene rings is 1. The fourth-order valence-corrected chi connectivity index (χ4v) is 3.64. The molecule has 0 aliphatic carbocycles. The predicted octanol–water partition coefficient (Wildman–Crippen LogP) is 3.68. The molecule has 2 aromatic heterocycles. The quantitative estimate of drug-likeness (QED) is 0.540. The van der Waals surface area contributed by atoms with Crippen LogP contribution in [0.25, 0.3) is 27.9 Å². The summed E-state index contributed by atoms with van der Waals surface area (Å²) in [5, 5.41) is 1.48. The lowest BCUT2D eigenvalue weighted by molar-refractivity contribution is 0.130. The van der Waals surface area contributed by atoms with E-state index in [4.69, 9.17) is 4.84 Å². The van der Waals surface area contributed by atoms with Crippen LogP contribution in [0.1, 0.15) is 25.0 Å². The first-order valence-electron chi connectivity index (χ1n) is 8.98. The molecule has 6 nitrogen and oxygen atoms in total. The van der Waals surface area contributed by atoms with Crippen LogP contribution in [0.15, 0.2) is 46.5 Å². The Bertz CT molecular complexity index is 1180. The maximum Gasteiger partial charge on any atom is 0.259 e. The van der Waals surface area contributed by atoms with Crippen molar-refractivity contribution in [2.45, 2.75) is 31.5 Å². The minimum atomic E-state index is -0.230. The van der Waals surface area contributed by atoms with Gasteiger partial charge in [-0.15, -0.1) is 5.48 Å². The van der Waals surface area contributed by atoms with E-state index >= 15 is 0 Å². The van der Waals surface area contributed by atoms with Crippen molar-refractivity contribution in [1.82, 2.24) is 20.0 Å². The van der Waals surface area contributed by atoms with E-state index in [1.807, 2.05) is 57.4 Å². The van der Waals surface area contributed by atoms with E-state index in [1.165, 1.54) is 11.8 Å². The highest BCUT2D eigenvalue weighted by molar-refractivity contribution is 7.98. The molecule has 1 N–H and O–H groups in total. The van der Waals surface area contributed by atoms with Crippen LogP contribution in [-0.4, -0.2) is 26.3 Å². The van der Waals surface area contributed by atoms with Gasteiger partial charge in [-0.1, -0.05) is 23.9 Å². The minimum absolute atomic E-state index is 0.0849. The summed E-state index contributed by atoms with van der Waals surface area (Å²) in [6.45, 7) is 6.08. The van der Waals surface area contributed by atoms with Crippen LogP contribution in [0.3, 0.4) is 0 Å². The number of hydroxylamine groups is 1. The second-order valence-electron chi connectivity index (χ2n) is 7.52. The number of rotatable bonds is 3. The zero-order valence-electron chi connectivity index (χ0n) is 16.5. The Morgan fingerprint density at radius 2 is 2.00 bits per heavy atom. The van der Waals surface area contributed by atoms with Gasteiger partial charge >= 0.3 is 0 Å². The normalized spacial score (nSPS) is 15.5. The number of hydrogen-bond acceptors (Lipinski definition) is 6. The zero-order valence-corrected chi connectivity index (χ0v) is 17.3. The molecule has 0 spiro atoms. The summed E-state index contributed by atoms with van der Waals surface area (Å²) in [6, 6.07) is 7.90. The molecule has 0 radical (unpaired) electrons. The first-order chi connectivity index (χ1) is 13.3. The molecule has 0 saturated carbocycles. The van der Waals surface area contributed by atoms with Crippen LogP contribution < -0.4 is 11.0 Å². The summed E-state index contributed by atoms with van der Waals surface area (Å²) in [6.07, 6.45) is 5.72. The van der Waals surface area contributed by atoms with Gasteiger partial charge in [0.25, 0.3) is 5.56 Å². The standard InChI is InChI=1S/C21H22N4O2S/c1-12-6-7-13(17-10-21(2,3)24-27-17)8-15(12)16-9-14-11-22-20(28-5)23-18(14)25(4)19(16)26/h6-11,24H,1-5H3. The molecule has 0 fully saturated rings. The molecule has 1 aliphatic heterocycles. The molecule has 144 valence electrons. The van der Waals surface area contributed by atoms with Crippen molar-refractivity contribution < 1.29 is 4.84 Å². The zero-order chi connectivity index (χ0) is 20.1. The number of hydrogen-bond donors (Lipinski definition) is 1. The number of nitrogens with one attached hydrogen (secondary N) is 1. The molecule has 1 aromatic carbocycles. The summed E-state index contributed by atoms with van der Waals surface area (Å²) in [5.41, 5.74) is 6.77. The number of aromatic nitrogens is 3. The molecule has 1 aliphatic rings. The van der Waals surface area contributed by atoms with E-state index in [2.05, 4.69) is 15.4 Å². The second kappa shape index (κ2) is 6.76. The fraction of sp³-hybridized carbons (Fsp3) is 0.286. The Morgan fingerprint density at radius 3 is 2.68 bits per heavy atom. The van der Waals surface area contributed by atoms with E-state index in [-0.39, 0.29) is 11.1 Å². The SMILES string of the molecule is CSc1ncc2cc(-c3cc(C4=CC(C)(C)NO4)ccc3C)c(=O)n(C)c2n1. The highest BCUT2D eigenvalue weighted by Crippen LogP contribution is 2.30. The number of nitrogens with zero attached hydrogens (tertiary/aromatic N) is 3. The lowest BCUT2D eigenvalue weighted by atomic mass is 9.96. The topological polar surface area (TPSA) is 69.0 Å². The molecule has 3 heterocycles. The monoisotopic (exact) mass is 394 g/mol. The molecule has 28 heavy (non-hydrogen) atoms. The third-order valence-corrected chi connectivity index (χ3v) is 5.40. The van der Waals surface area contributed by atoms with Gasteiger partial charge in [0.2, 0.25) is 0 Å². The smallest absolute Gasteiger partial charge is 0.259 e. The second-order valence-corrected chi connectivity index (χ2v) is 8.30. The summed E-state index contributed by atoms with van der Waals surface area (Å²) < 4.78 is 1.59. The summed E-state index contributed by atoms with van der Waals surface area (Å²) >= 11 is 1.45. The summed E-state index contributed by atoms with van der Waals surface area (Å²) in [4.78, 5) is 27.6. The van der Waals surface area contributed by atoms with E-state index in [9.17, 15) is 4.79 Å². The van der Waals surface area contributed by atoms with Crippen LogP contribution in [0.5, 0.6) is 0 Å². The molecule has 0 atom stereocenters. The van der Waals surface area contributed by atoms with Crippen LogP contribution in [0.2, 0.25) is 0 Å². The van der Waals surface area contributed by atoms with Crippen molar-refractivity contribution >= 4 is 28.6 Å². The van der Waals surface area contributed by atoms with Gasteiger partial charge in [0.1, 0.15) is 5.65 Å². The highest BCUT2D eigenvalue weighted by Gasteiger charge is 2.25. The first-order valence-corrected chi connectivity index (χ1v) is 10.2. The fourth-order valence-electron chi connectivity index (χ4n) is 3.30. The maximum atomic E-state index is 13.1. The van der Waals surface area contributed by atoms with Gasteiger partial charge in [-0.25, -0.2) is 9.97 Å². The van der Waals surface area contributed by atoms with Crippen molar-refractivity contribution in [2.24, 2.45) is 7.05 Å². The Labute approximate surface area is 167 Å². The molecule has 0 unspecified atom stereocenters. The predicted molar refractivity (Wildman–Crippen MR) is 113 cm³/mol. The number of fused-ring (bicyclic) bond motifs is 1. The third-order valence-electron chi connectivity index (χ3n) is 4.84. The van der Waals surface area contributed by atoms with Gasteiger partial charge in [-0.3, -0.25) is 9.36 Å². The molecular weight excluding hydrogens is 372 g/mol. The minimum Gasteiger partial charge on any atom is -0.408 e. The first kappa shape index (κ1) is 18.7. The van der Waals surface area contributed by atoms with Gasteiger partial charge in [-0.2, -0.15) is 0 Å². The molecule has 7 heteroatoms. The molecular formula is C21H22N4O2S. The molecule has 0 saturated heterocycles. The molecule has 0 amide bonds. The van der Waals surface area contributed by atoms with Crippen molar-refractivity contribution in [2.75, 3.05) is 6.26 Å². The Hall–Kier alpha value is -2.64. The molecule has 4 rings (SSSR count). The average Bonchev–Trinajstić information content (AvgIpc) is 3.04. The van der Waals surface area contributed by atoms with Crippen molar-refractivity contribution in [1.29, 1.82) is 0 Å². The Balaban J connectivity index is 1.90. The lowest BCUT2D eigenvalue weighted by Crippen LogP contribution is -2.30. The van der Waals surface area contributed by atoms with Crippen LogP contribution in [-0.2, 0) is 11.9 Å². The van der Waals surface area contributed by atoms with Gasteiger partial charge in [-0.05, 0) is 56.4 Å². The van der Waals surface area contributed by atoms with Gasteiger partial charge in [0.05, 0.1) is 5.54 Å². The lowest BCUT2D eigenvalue weighted by Gasteiger charge is -2.13. The molecule has 0 bridgehead atoms. The number of aryl methyl sites for hydroxylation is 2. The Morgan fingerprint density at radius 1 is 1.21 bits per heavy atom. The summed E-state index contributed by atoms with van der Waals surface area (Å²) in [7, 11) is 1.75. The largest absolute Gasteiger partial charge is 0.408 e. The average molecular weight is 395 g/mol. The summed E-state index contributed by atoms with van der Waals surface area (Å²) in [5.74, 6) is 0.761. The third kappa shape index (κ3) is 3.21. The molecule has 3 aromatic rings. The van der Waals surface area contributed by atoms with Crippen LogP contribution in [0, 0.1) is 6.92 Å². The van der Waals surface area contributed by atoms with E-state index in [0.717, 1.165) is 27.8 Å². The van der Waals surface area contributed by atoms with Crippen LogP contribution >= 0.6 is 11.8 Å². The van der Waals surface area contributed by atoms with Gasteiger partial charge < -0.3 is 4.84 Å². The number of pyridine rings is 1. The van der Waals surface area contributed by atoms with Crippen molar-refractivity contribution in [3.05, 3.63) is 58.0 Å². The van der Waals surface area contributed by atoms with E-state index in [0.29, 0.717) is 16.4 Å². The van der Waals surface area contributed by atoms with E-state index in [1.54, 1.807) is 17.8 Å². The van der Waals surface area contributed by atoms with Crippen molar-refractivity contribution in [3.8, 4) is 11.1 Å². The van der Waals surface area contributed by atoms with Gasteiger partial charge in [0, 0.05) is 29.8 Å². The van der Waals surface area contributed by atoms with Crippen molar-refractivity contribution in [3.63, 3.8) is 0 Å². The Kier molecular flexibility index (Phi) is 4.51. The number of thioether (sulfide) groups is 1.